The maximum Gasteiger partial charge on any atom is 0.225 e. The number of anilines is 2. The first-order valence-corrected chi connectivity index (χ1v) is 5.81. The number of rotatable bonds is 4. The van der Waals surface area contributed by atoms with Crippen LogP contribution in [0.3, 0.4) is 0 Å². The lowest BCUT2D eigenvalue weighted by Gasteiger charge is -2.03. The van der Waals surface area contributed by atoms with Crippen molar-refractivity contribution in [1.82, 2.24) is 10.2 Å². The van der Waals surface area contributed by atoms with Crippen molar-refractivity contribution < 1.29 is 4.79 Å². The number of nitrogens with one attached hydrogen (secondary N) is 2. The number of aromatic amines is 1. The molecule has 2 rings (SSSR count). The molecule has 0 fully saturated rings. The van der Waals surface area contributed by atoms with Gasteiger partial charge in [-0.25, -0.2) is 0 Å². The molecule has 0 bridgehead atoms. The lowest BCUT2D eigenvalue weighted by molar-refractivity contribution is -0.116. The van der Waals surface area contributed by atoms with Gasteiger partial charge >= 0.3 is 0 Å². The summed E-state index contributed by atoms with van der Waals surface area (Å²) in [5.41, 5.74) is 8.13. The summed E-state index contributed by atoms with van der Waals surface area (Å²) in [4.78, 5) is 11.7. The molecule has 1 aromatic heterocycles. The van der Waals surface area contributed by atoms with Crippen molar-refractivity contribution in [1.29, 1.82) is 0 Å². The molecule has 5 heteroatoms. The zero-order chi connectivity index (χ0) is 13.0. The molecular formula is C13H16N4O. The second-order valence-corrected chi connectivity index (χ2v) is 4.14. The van der Waals surface area contributed by atoms with Crippen LogP contribution in [-0.2, 0) is 11.2 Å². The van der Waals surface area contributed by atoms with Crippen LogP contribution in [0.25, 0.3) is 0 Å². The van der Waals surface area contributed by atoms with Crippen molar-refractivity contribution in [2.24, 2.45) is 0 Å². The fraction of sp³-hybridized carbons (Fsp3) is 0.231. The molecule has 1 aromatic carbocycles. The molecule has 1 heterocycles. The van der Waals surface area contributed by atoms with Gasteiger partial charge in [-0.05, 0) is 18.9 Å². The van der Waals surface area contributed by atoms with Gasteiger partial charge in [0.1, 0.15) is 0 Å². The van der Waals surface area contributed by atoms with Crippen LogP contribution in [0.5, 0.6) is 0 Å². The van der Waals surface area contributed by atoms with E-state index in [2.05, 4.69) is 15.5 Å². The van der Waals surface area contributed by atoms with Gasteiger partial charge in [-0.2, -0.15) is 5.10 Å². The van der Waals surface area contributed by atoms with Gasteiger partial charge in [0.25, 0.3) is 0 Å². The average Bonchev–Trinajstić information content (AvgIpc) is 2.70. The highest BCUT2D eigenvalue weighted by atomic mass is 16.1. The maximum absolute atomic E-state index is 11.7. The van der Waals surface area contributed by atoms with Crippen molar-refractivity contribution in [3.05, 3.63) is 41.6 Å². The monoisotopic (exact) mass is 244 g/mol. The molecule has 0 saturated heterocycles. The Morgan fingerprint density at radius 2 is 2.11 bits per heavy atom. The first-order valence-electron chi connectivity index (χ1n) is 5.81. The number of carbonyl (C=O) groups excluding carboxylic acids is 1. The smallest absolute Gasteiger partial charge is 0.225 e. The van der Waals surface area contributed by atoms with E-state index >= 15 is 0 Å². The lowest BCUT2D eigenvalue weighted by Crippen LogP contribution is -2.13. The largest absolute Gasteiger partial charge is 0.394 e. The Labute approximate surface area is 105 Å². The van der Waals surface area contributed by atoms with Gasteiger partial charge in [0.15, 0.2) is 5.82 Å². The second-order valence-electron chi connectivity index (χ2n) is 4.14. The van der Waals surface area contributed by atoms with Gasteiger partial charge in [-0.3, -0.25) is 9.89 Å². The second kappa shape index (κ2) is 5.35. The van der Waals surface area contributed by atoms with E-state index in [4.69, 9.17) is 5.73 Å². The number of hydrogen-bond acceptors (Lipinski definition) is 3. The number of carbonyl (C=O) groups is 1. The summed E-state index contributed by atoms with van der Waals surface area (Å²) >= 11 is 0. The lowest BCUT2D eigenvalue weighted by atomic mass is 10.1. The predicted molar refractivity (Wildman–Crippen MR) is 71.1 cm³/mol. The van der Waals surface area contributed by atoms with Gasteiger partial charge in [0.2, 0.25) is 5.91 Å². The average molecular weight is 244 g/mol. The van der Waals surface area contributed by atoms with Gasteiger partial charge in [-0.15, -0.1) is 0 Å². The van der Waals surface area contributed by atoms with Crippen LogP contribution >= 0.6 is 0 Å². The third-order valence-electron chi connectivity index (χ3n) is 2.74. The topological polar surface area (TPSA) is 83.8 Å². The Bertz CT molecular complexity index is 533. The Morgan fingerprint density at radius 3 is 2.72 bits per heavy atom. The highest BCUT2D eigenvalue weighted by Crippen LogP contribution is 2.18. The van der Waals surface area contributed by atoms with Crippen molar-refractivity contribution in [2.75, 3.05) is 11.1 Å². The minimum atomic E-state index is -0.0861. The van der Waals surface area contributed by atoms with Gasteiger partial charge in [-0.1, -0.05) is 30.3 Å². The summed E-state index contributed by atoms with van der Waals surface area (Å²) in [6.07, 6.45) is 1.12. The molecular weight excluding hydrogens is 228 g/mol. The number of H-pyrrole nitrogens is 1. The predicted octanol–water partition coefficient (Wildman–Crippen LogP) is 1.87. The fourth-order valence-electron chi connectivity index (χ4n) is 1.63. The van der Waals surface area contributed by atoms with E-state index in [1.54, 1.807) is 0 Å². The molecule has 0 aliphatic heterocycles. The van der Waals surface area contributed by atoms with Crippen LogP contribution in [0.2, 0.25) is 0 Å². The highest BCUT2D eigenvalue weighted by molar-refractivity contribution is 5.92. The first-order chi connectivity index (χ1) is 8.66. The Morgan fingerprint density at radius 1 is 1.39 bits per heavy atom. The van der Waals surface area contributed by atoms with E-state index in [1.807, 2.05) is 37.3 Å². The number of aromatic nitrogens is 2. The van der Waals surface area contributed by atoms with E-state index in [0.29, 0.717) is 24.3 Å². The highest BCUT2D eigenvalue weighted by Gasteiger charge is 2.09. The third-order valence-corrected chi connectivity index (χ3v) is 2.74. The molecule has 5 nitrogen and oxygen atoms in total. The number of nitrogens with two attached hydrogens (primary N) is 1. The van der Waals surface area contributed by atoms with E-state index in [9.17, 15) is 4.79 Å². The number of aryl methyl sites for hydroxylation is 2. The molecule has 94 valence electrons. The maximum atomic E-state index is 11.7. The van der Waals surface area contributed by atoms with Crippen LogP contribution in [0.4, 0.5) is 11.5 Å². The molecule has 0 aliphatic carbocycles. The van der Waals surface area contributed by atoms with Crippen molar-refractivity contribution >= 4 is 17.4 Å². The molecule has 0 spiro atoms. The van der Waals surface area contributed by atoms with Gasteiger partial charge in [0, 0.05) is 6.42 Å². The van der Waals surface area contributed by atoms with Crippen molar-refractivity contribution in [2.45, 2.75) is 19.8 Å². The first kappa shape index (κ1) is 12.2. The summed E-state index contributed by atoms with van der Waals surface area (Å²) in [5.74, 6) is 0.322. The van der Waals surface area contributed by atoms with Gasteiger partial charge < -0.3 is 11.1 Å². The summed E-state index contributed by atoms with van der Waals surface area (Å²) in [6, 6.07) is 9.88. The molecule has 4 N–H and O–H groups in total. The normalized spacial score (nSPS) is 10.3. The SMILES string of the molecule is Cc1[nH]nc(NC(=O)CCc2ccccc2)c1N. The Kier molecular flexibility index (Phi) is 3.62. The molecule has 0 saturated carbocycles. The van der Waals surface area contributed by atoms with E-state index in [-0.39, 0.29) is 5.91 Å². The number of amides is 1. The summed E-state index contributed by atoms with van der Waals surface area (Å²) in [6.45, 7) is 1.81. The van der Waals surface area contributed by atoms with E-state index in [1.165, 1.54) is 0 Å². The van der Waals surface area contributed by atoms with E-state index < -0.39 is 0 Å². The standard InChI is InChI=1S/C13H16N4O/c1-9-12(14)13(17-16-9)15-11(18)8-7-10-5-3-2-4-6-10/h2-6H,7-8,14H2,1H3,(H2,15,16,17,18). The minimum Gasteiger partial charge on any atom is -0.394 e. The number of nitrogens with zero attached hydrogens (tertiary/aromatic N) is 1. The van der Waals surface area contributed by atoms with Gasteiger partial charge in [0.05, 0.1) is 11.4 Å². The molecule has 0 radical (unpaired) electrons. The number of benzene rings is 1. The molecule has 1 amide bonds. The van der Waals surface area contributed by atoms with E-state index in [0.717, 1.165) is 11.3 Å². The quantitative estimate of drug-likeness (QED) is 0.767. The molecule has 2 aromatic rings. The zero-order valence-electron chi connectivity index (χ0n) is 10.2. The number of hydrogen-bond donors (Lipinski definition) is 3. The Hall–Kier alpha value is -2.30. The minimum absolute atomic E-state index is 0.0861. The molecule has 18 heavy (non-hydrogen) atoms. The summed E-state index contributed by atoms with van der Waals surface area (Å²) < 4.78 is 0. The summed E-state index contributed by atoms with van der Waals surface area (Å²) in [5, 5.41) is 9.35. The molecule has 0 atom stereocenters. The zero-order valence-corrected chi connectivity index (χ0v) is 10.2. The van der Waals surface area contributed by atoms with Crippen LogP contribution in [0, 0.1) is 6.92 Å². The molecule has 0 unspecified atom stereocenters. The fourth-order valence-corrected chi connectivity index (χ4v) is 1.63. The number of nitrogen functional groups attached to an aromatic ring is 1. The van der Waals surface area contributed by atoms with Crippen LogP contribution in [-0.4, -0.2) is 16.1 Å². The van der Waals surface area contributed by atoms with Crippen LogP contribution < -0.4 is 11.1 Å². The van der Waals surface area contributed by atoms with Crippen LogP contribution in [0.1, 0.15) is 17.7 Å². The Balaban J connectivity index is 1.88. The van der Waals surface area contributed by atoms with Crippen molar-refractivity contribution in [3.8, 4) is 0 Å². The third kappa shape index (κ3) is 2.88. The molecule has 0 aliphatic rings. The van der Waals surface area contributed by atoms with Crippen molar-refractivity contribution in [3.63, 3.8) is 0 Å². The van der Waals surface area contributed by atoms with Crippen LogP contribution in [0.15, 0.2) is 30.3 Å². The summed E-state index contributed by atoms with van der Waals surface area (Å²) in [7, 11) is 0.